The lowest BCUT2D eigenvalue weighted by Gasteiger charge is -1.95. The molecule has 42 valence electrons. The molecule has 4 heteroatoms. The molecule has 0 N–H and O–H groups in total. The molecule has 0 aliphatic rings. The topological polar surface area (TPSA) is 17.1 Å². The van der Waals surface area contributed by atoms with E-state index in [2.05, 4.69) is 0 Å². The minimum atomic E-state index is -1.75. The molecule has 0 aliphatic carbocycles. The molecule has 1 atom stereocenters. The summed E-state index contributed by atoms with van der Waals surface area (Å²) in [7, 11) is 0. The van der Waals surface area contributed by atoms with Gasteiger partial charge in [0.15, 0.2) is 12.5 Å². The smallest absolute Gasteiger partial charge is 0.185 e. The molecule has 0 bridgehead atoms. The van der Waals surface area contributed by atoms with Crippen molar-refractivity contribution in [3.05, 3.63) is 0 Å². The molecule has 0 aliphatic heterocycles. The highest BCUT2D eigenvalue weighted by molar-refractivity contribution is 6.45. The molecule has 0 radical (unpaired) electrons. The van der Waals surface area contributed by atoms with E-state index in [0.717, 1.165) is 0 Å². The van der Waals surface area contributed by atoms with E-state index < -0.39 is 11.0 Å². The quantitative estimate of drug-likeness (QED) is 0.423. The Hall–Kier alpha value is 0.180. The van der Waals surface area contributed by atoms with Crippen LogP contribution in [-0.2, 0) is 4.79 Å². The van der Waals surface area contributed by atoms with Gasteiger partial charge in [0.1, 0.15) is 4.84 Å². The Kier molecular flexibility index (Phi) is 3.30. The van der Waals surface area contributed by atoms with E-state index in [1.807, 2.05) is 0 Å². The first kappa shape index (κ1) is 7.18. The summed E-state index contributed by atoms with van der Waals surface area (Å²) >= 11 is 9.78. The van der Waals surface area contributed by atoms with Crippen molar-refractivity contribution in [2.24, 2.45) is 0 Å². The molecule has 0 aromatic carbocycles. The van der Waals surface area contributed by atoms with Crippen LogP contribution in [-0.4, -0.2) is 17.3 Å². The van der Waals surface area contributed by atoms with E-state index in [1.165, 1.54) is 0 Å². The van der Waals surface area contributed by atoms with Crippen LogP contribution in [0.1, 0.15) is 0 Å². The van der Waals surface area contributed by atoms with Gasteiger partial charge in [0.2, 0.25) is 0 Å². The molecule has 0 aromatic rings. The zero-order valence-electron chi connectivity index (χ0n) is 3.27. The van der Waals surface area contributed by atoms with Gasteiger partial charge in [-0.15, -0.1) is 23.2 Å². The second-order valence-corrected chi connectivity index (χ2v) is 2.08. The Morgan fingerprint density at radius 2 is 2.00 bits per heavy atom. The number of alkyl halides is 3. The average Bonchev–Trinajstić information content (AvgIpc) is 1.65. The number of hydrogen-bond acceptors (Lipinski definition) is 1. The molecule has 0 saturated carbocycles. The van der Waals surface area contributed by atoms with Crippen molar-refractivity contribution in [2.75, 3.05) is 0 Å². The minimum absolute atomic E-state index is 0.0602. The summed E-state index contributed by atoms with van der Waals surface area (Å²) < 4.78 is 11.6. The van der Waals surface area contributed by atoms with E-state index >= 15 is 0 Å². The van der Waals surface area contributed by atoms with Gasteiger partial charge in [-0.1, -0.05) is 0 Å². The van der Waals surface area contributed by atoms with Gasteiger partial charge >= 0.3 is 0 Å². The summed E-state index contributed by atoms with van der Waals surface area (Å²) in [6, 6.07) is 0. The van der Waals surface area contributed by atoms with E-state index in [-0.39, 0.29) is 6.29 Å². The highest BCUT2D eigenvalue weighted by Gasteiger charge is 2.12. The van der Waals surface area contributed by atoms with Crippen molar-refractivity contribution in [3.8, 4) is 0 Å². The molecule has 0 aromatic heterocycles. The summed E-state index contributed by atoms with van der Waals surface area (Å²) in [6.07, 6.45) is -1.69. The summed E-state index contributed by atoms with van der Waals surface area (Å²) in [6.45, 7) is 0. The van der Waals surface area contributed by atoms with Crippen LogP contribution < -0.4 is 0 Å². The first-order valence-electron chi connectivity index (χ1n) is 1.56. The van der Waals surface area contributed by atoms with Crippen molar-refractivity contribution in [1.82, 2.24) is 0 Å². The fourth-order valence-electron chi connectivity index (χ4n) is 0.0594. The van der Waals surface area contributed by atoms with Crippen LogP contribution in [0.2, 0.25) is 0 Å². The third kappa shape index (κ3) is 2.83. The maximum Gasteiger partial charge on any atom is 0.185 e. The lowest BCUT2D eigenvalue weighted by Crippen LogP contribution is -2.09. The second-order valence-electron chi connectivity index (χ2n) is 0.915. The van der Waals surface area contributed by atoms with Crippen LogP contribution >= 0.6 is 23.2 Å². The van der Waals surface area contributed by atoms with Gasteiger partial charge in [0.05, 0.1) is 0 Å². The van der Waals surface area contributed by atoms with Crippen molar-refractivity contribution in [3.63, 3.8) is 0 Å². The number of rotatable bonds is 2. The summed E-state index contributed by atoms with van der Waals surface area (Å²) in [5.41, 5.74) is 0. The standard InChI is InChI=1S/C3H3Cl2FO/c4-3(5)2(6)1-7/h1-3H. The lowest BCUT2D eigenvalue weighted by atomic mass is 10.5. The molecule has 1 nitrogen and oxygen atoms in total. The fraction of sp³-hybridized carbons (Fsp3) is 0.667. The van der Waals surface area contributed by atoms with Crippen LogP contribution in [0.25, 0.3) is 0 Å². The molecule has 0 amide bonds. The van der Waals surface area contributed by atoms with Crippen molar-refractivity contribution in [2.45, 2.75) is 11.0 Å². The Bertz CT molecular complexity index is 66.0. The molecule has 0 saturated heterocycles. The molecule has 0 spiro atoms. The van der Waals surface area contributed by atoms with Gasteiger partial charge in [-0.3, -0.25) is 0 Å². The van der Waals surface area contributed by atoms with Gasteiger partial charge in [-0.05, 0) is 0 Å². The molecular formula is C3H3Cl2FO. The van der Waals surface area contributed by atoms with Crippen molar-refractivity contribution >= 4 is 29.5 Å². The second kappa shape index (κ2) is 3.22. The van der Waals surface area contributed by atoms with Gasteiger partial charge in [-0.2, -0.15) is 0 Å². The summed E-state index contributed by atoms with van der Waals surface area (Å²) in [5.74, 6) is 0. The number of carbonyl (C=O) groups excluding carboxylic acids is 1. The van der Waals surface area contributed by atoms with E-state index in [1.54, 1.807) is 0 Å². The van der Waals surface area contributed by atoms with Gasteiger partial charge in [0.25, 0.3) is 0 Å². The molecule has 0 heterocycles. The normalized spacial score (nSPS) is 14.3. The van der Waals surface area contributed by atoms with Crippen LogP contribution in [0.4, 0.5) is 4.39 Å². The van der Waals surface area contributed by atoms with Gasteiger partial charge < -0.3 is 4.79 Å². The summed E-state index contributed by atoms with van der Waals surface area (Å²) in [4.78, 5) is 8.18. The number of halogens is 3. The van der Waals surface area contributed by atoms with E-state index in [9.17, 15) is 9.18 Å². The highest BCUT2D eigenvalue weighted by Crippen LogP contribution is 2.08. The van der Waals surface area contributed by atoms with Crippen LogP contribution in [0.5, 0.6) is 0 Å². The first-order valence-corrected chi connectivity index (χ1v) is 2.43. The van der Waals surface area contributed by atoms with Crippen LogP contribution in [0.3, 0.4) is 0 Å². The zero-order valence-corrected chi connectivity index (χ0v) is 4.79. The maximum absolute atomic E-state index is 11.6. The first-order chi connectivity index (χ1) is 3.18. The molecule has 0 fully saturated rings. The zero-order chi connectivity index (χ0) is 5.86. The highest BCUT2D eigenvalue weighted by atomic mass is 35.5. The van der Waals surface area contributed by atoms with Crippen LogP contribution in [0, 0.1) is 0 Å². The number of hydrogen-bond donors (Lipinski definition) is 0. The monoisotopic (exact) mass is 144 g/mol. The van der Waals surface area contributed by atoms with Crippen molar-refractivity contribution < 1.29 is 9.18 Å². The van der Waals surface area contributed by atoms with E-state index in [0.29, 0.717) is 0 Å². The molecular weight excluding hydrogens is 142 g/mol. The number of carbonyl (C=O) groups is 1. The number of aldehydes is 1. The maximum atomic E-state index is 11.6. The van der Waals surface area contributed by atoms with Gasteiger partial charge in [-0.25, -0.2) is 4.39 Å². The molecule has 1 unspecified atom stereocenters. The Morgan fingerprint density at radius 3 is 2.00 bits per heavy atom. The largest absolute Gasteiger partial charge is 0.300 e. The van der Waals surface area contributed by atoms with Gasteiger partial charge in [0, 0.05) is 0 Å². The third-order valence-corrected chi connectivity index (χ3v) is 0.852. The predicted octanol–water partition coefficient (Wildman–Crippen LogP) is 1.33. The minimum Gasteiger partial charge on any atom is -0.300 e. The lowest BCUT2D eigenvalue weighted by molar-refractivity contribution is -0.111. The Labute approximate surface area is 50.4 Å². The van der Waals surface area contributed by atoms with E-state index in [4.69, 9.17) is 23.2 Å². The fourth-order valence-corrected chi connectivity index (χ4v) is 0.178. The van der Waals surface area contributed by atoms with Crippen LogP contribution in [0.15, 0.2) is 0 Å². The Morgan fingerprint density at radius 1 is 1.57 bits per heavy atom. The average molecular weight is 145 g/mol. The predicted molar refractivity (Wildman–Crippen MR) is 26.5 cm³/mol. The molecule has 7 heavy (non-hydrogen) atoms. The SMILES string of the molecule is O=CC(F)C(Cl)Cl. The Balaban J connectivity index is 3.33. The molecule has 0 rings (SSSR count). The summed E-state index contributed by atoms with van der Waals surface area (Å²) in [5, 5.41) is 0. The third-order valence-electron chi connectivity index (χ3n) is 0.371. The van der Waals surface area contributed by atoms with Crippen molar-refractivity contribution in [1.29, 1.82) is 0 Å².